The molecule has 0 unspecified atom stereocenters. The highest BCUT2D eigenvalue weighted by Crippen LogP contribution is 2.30. The Bertz CT molecular complexity index is 856. The molecule has 0 N–H and O–H groups in total. The van der Waals surface area contributed by atoms with E-state index >= 15 is 0 Å². The van der Waals surface area contributed by atoms with Gasteiger partial charge in [0.2, 0.25) is 0 Å². The maximum Gasteiger partial charge on any atom is 0.316 e. The molecule has 0 saturated carbocycles. The van der Waals surface area contributed by atoms with Crippen LogP contribution >= 0.6 is 23.4 Å². The van der Waals surface area contributed by atoms with Gasteiger partial charge in [-0.25, -0.2) is 9.97 Å². The molecule has 0 spiro atoms. The highest BCUT2D eigenvalue weighted by atomic mass is 35.5. The number of fused-ring (bicyclic) bond motifs is 1. The summed E-state index contributed by atoms with van der Waals surface area (Å²) in [6.45, 7) is 0. The van der Waals surface area contributed by atoms with Gasteiger partial charge in [0.1, 0.15) is 5.03 Å². The molecule has 0 radical (unpaired) electrons. The molecule has 0 aliphatic heterocycles. The van der Waals surface area contributed by atoms with E-state index in [1.807, 2.05) is 42.5 Å². The molecule has 0 fully saturated rings. The topological polar surface area (TPSA) is 52.1 Å². The average Bonchev–Trinajstić information content (AvgIpc) is 2.60. The van der Waals surface area contributed by atoms with E-state index < -0.39 is 0 Å². The van der Waals surface area contributed by atoms with E-state index in [2.05, 4.69) is 9.97 Å². The Hall–Kier alpha value is -2.11. The third-order valence-corrected chi connectivity index (χ3v) is 4.41. The number of thioether (sulfide) groups is 1. The molecule has 0 amide bonds. The van der Waals surface area contributed by atoms with E-state index in [-0.39, 0.29) is 11.7 Å². The summed E-state index contributed by atoms with van der Waals surface area (Å²) in [5.41, 5.74) is 1.71. The monoisotopic (exact) mass is 344 g/mol. The lowest BCUT2D eigenvalue weighted by Crippen LogP contribution is -2.04. The van der Waals surface area contributed by atoms with Gasteiger partial charge in [0, 0.05) is 16.0 Å². The van der Waals surface area contributed by atoms with Crippen molar-refractivity contribution in [2.45, 2.75) is 5.03 Å². The van der Waals surface area contributed by atoms with Crippen LogP contribution in [0.1, 0.15) is 0 Å². The van der Waals surface area contributed by atoms with Crippen LogP contribution in [-0.2, 0) is 9.53 Å². The van der Waals surface area contributed by atoms with Crippen LogP contribution in [0.4, 0.5) is 0 Å². The van der Waals surface area contributed by atoms with Crippen LogP contribution in [0, 0.1) is 0 Å². The molecule has 6 heteroatoms. The number of carbonyl (C=O) groups is 1. The molecule has 2 aromatic carbocycles. The zero-order valence-corrected chi connectivity index (χ0v) is 13.9. The third kappa shape index (κ3) is 3.63. The molecule has 23 heavy (non-hydrogen) atoms. The minimum absolute atomic E-state index is 0.184. The molecule has 0 saturated heterocycles. The van der Waals surface area contributed by atoms with Crippen molar-refractivity contribution in [1.29, 1.82) is 0 Å². The number of methoxy groups -OCH3 is 1. The number of nitrogens with zero attached hydrogens (tertiary/aromatic N) is 2. The van der Waals surface area contributed by atoms with Gasteiger partial charge in [0.15, 0.2) is 5.82 Å². The Morgan fingerprint density at radius 3 is 2.70 bits per heavy atom. The first-order valence-electron chi connectivity index (χ1n) is 6.89. The Morgan fingerprint density at radius 2 is 1.96 bits per heavy atom. The Morgan fingerprint density at radius 1 is 1.17 bits per heavy atom. The molecule has 0 bridgehead atoms. The molecule has 1 heterocycles. The SMILES string of the molecule is COC(=O)CSc1nc(-c2ccccc2)nc2ccc(Cl)cc12. The zero-order valence-electron chi connectivity index (χ0n) is 12.3. The summed E-state index contributed by atoms with van der Waals surface area (Å²) in [7, 11) is 1.37. The predicted octanol–water partition coefficient (Wildman–Crippen LogP) is 4.22. The van der Waals surface area contributed by atoms with Gasteiger partial charge in [-0.1, -0.05) is 53.7 Å². The standard InChI is InChI=1S/C17H13ClN2O2S/c1-22-15(21)10-23-17-13-9-12(18)7-8-14(13)19-16(20-17)11-5-3-2-4-6-11/h2-9H,10H2,1H3. The van der Waals surface area contributed by atoms with Crippen molar-refractivity contribution in [2.24, 2.45) is 0 Å². The molecular formula is C17H13ClN2O2S. The van der Waals surface area contributed by atoms with Crippen molar-refractivity contribution in [3.63, 3.8) is 0 Å². The summed E-state index contributed by atoms with van der Waals surface area (Å²) < 4.78 is 4.69. The highest BCUT2D eigenvalue weighted by Gasteiger charge is 2.12. The second-order valence-electron chi connectivity index (χ2n) is 4.74. The van der Waals surface area contributed by atoms with E-state index in [9.17, 15) is 4.79 Å². The van der Waals surface area contributed by atoms with Crippen molar-refractivity contribution < 1.29 is 9.53 Å². The summed E-state index contributed by atoms with van der Waals surface area (Å²) in [6.07, 6.45) is 0. The number of aromatic nitrogens is 2. The molecular weight excluding hydrogens is 332 g/mol. The number of hydrogen-bond acceptors (Lipinski definition) is 5. The maximum absolute atomic E-state index is 11.4. The van der Waals surface area contributed by atoms with Crippen molar-refractivity contribution in [1.82, 2.24) is 9.97 Å². The number of ether oxygens (including phenoxy) is 1. The van der Waals surface area contributed by atoms with Crippen molar-refractivity contribution >= 4 is 40.2 Å². The van der Waals surface area contributed by atoms with E-state index in [0.29, 0.717) is 15.9 Å². The minimum Gasteiger partial charge on any atom is -0.468 e. The molecule has 0 atom stereocenters. The lowest BCUT2D eigenvalue weighted by Gasteiger charge is -2.08. The van der Waals surface area contributed by atoms with Gasteiger partial charge in [-0.05, 0) is 18.2 Å². The molecule has 4 nitrogen and oxygen atoms in total. The summed E-state index contributed by atoms with van der Waals surface area (Å²) >= 11 is 7.40. The first-order valence-corrected chi connectivity index (χ1v) is 8.26. The number of rotatable bonds is 4. The van der Waals surface area contributed by atoms with Crippen LogP contribution in [0.3, 0.4) is 0 Å². The van der Waals surface area contributed by atoms with Gasteiger partial charge < -0.3 is 4.74 Å². The summed E-state index contributed by atoms with van der Waals surface area (Å²) in [5.74, 6) is 0.501. The quantitative estimate of drug-likeness (QED) is 0.403. The van der Waals surface area contributed by atoms with Gasteiger partial charge >= 0.3 is 5.97 Å². The van der Waals surface area contributed by atoms with Gasteiger partial charge in [-0.3, -0.25) is 4.79 Å². The van der Waals surface area contributed by atoms with Gasteiger partial charge in [-0.15, -0.1) is 0 Å². The predicted molar refractivity (Wildman–Crippen MR) is 92.7 cm³/mol. The fourth-order valence-electron chi connectivity index (χ4n) is 2.09. The van der Waals surface area contributed by atoms with Crippen molar-refractivity contribution in [2.75, 3.05) is 12.9 Å². The number of hydrogen-bond donors (Lipinski definition) is 0. The first kappa shape index (κ1) is 15.8. The van der Waals surface area contributed by atoms with Gasteiger partial charge in [0.25, 0.3) is 0 Å². The molecule has 3 rings (SSSR count). The Labute approximate surface area is 142 Å². The van der Waals surface area contributed by atoms with Crippen LogP contribution in [0.15, 0.2) is 53.6 Å². The number of esters is 1. The fraction of sp³-hybridized carbons (Fsp3) is 0.118. The first-order chi connectivity index (χ1) is 11.2. The highest BCUT2D eigenvalue weighted by molar-refractivity contribution is 8.00. The van der Waals surface area contributed by atoms with Crippen molar-refractivity contribution in [3.05, 3.63) is 53.6 Å². The third-order valence-electron chi connectivity index (χ3n) is 3.21. The number of benzene rings is 2. The molecule has 116 valence electrons. The van der Waals surface area contributed by atoms with Crippen LogP contribution in [0.25, 0.3) is 22.3 Å². The van der Waals surface area contributed by atoms with Gasteiger partial charge in [0.05, 0.1) is 18.4 Å². The second-order valence-corrected chi connectivity index (χ2v) is 6.15. The van der Waals surface area contributed by atoms with E-state index in [1.54, 1.807) is 6.07 Å². The second kappa shape index (κ2) is 6.98. The molecule has 0 aliphatic carbocycles. The average molecular weight is 345 g/mol. The number of carbonyl (C=O) groups excluding carboxylic acids is 1. The lowest BCUT2D eigenvalue weighted by atomic mass is 10.2. The van der Waals surface area contributed by atoms with Gasteiger partial charge in [-0.2, -0.15) is 0 Å². The largest absolute Gasteiger partial charge is 0.468 e. The summed E-state index contributed by atoms with van der Waals surface area (Å²) in [4.78, 5) is 20.6. The van der Waals surface area contributed by atoms with Crippen LogP contribution in [0.2, 0.25) is 5.02 Å². The van der Waals surface area contributed by atoms with E-state index in [4.69, 9.17) is 16.3 Å². The summed E-state index contributed by atoms with van der Waals surface area (Å²) in [5, 5.41) is 2.14. The molecule has 1 aromatic heterocycles. The maximum atomic E-state index is 11.4. The minimum atomic E-state index is -0.301. The number of halogens is 1. The van der Waals surface area contributed by atoms with Crippen LogP contribution in [0.5, 0.6) is 0 Å². The van der Waals surface area contributed by atoms with Crippen molar-refractivity contribution in [3.8, 4) is 11.4 Å². The Kier molecular flexibility index (Phi) is 4.79. The van der Waals surface area contributed by atoms with Crippen LogP contribution < -0.4 is 0 Å². The fourth-order valence-corrected chi connectivity index (χ4v) is 3.10. The Balaban J connectivity index is 2.10. The smallest absolute Gasteiger partial charge is 0.316 e. The van der Waals surface area contributed by atoms with Crippen LogP contribution in [-0.4, -0.2) is 28.8 Å². The normalized spacial score (nSPS) is 10.7. The lowest BCUT2D eigenvalue weighted by molar-refractivity contribution is -0.137. The van der Waals surface area contributed by atoms with E-state index in [1.165, 1.54) is 18.9 Å². The molecule has 0 aliphatic rings. The molecule has 3 aromatic rings. The summed E-state index contributed by atoms with van der Waals surface area (Å²) in [6, 6.07) is 15.2. The zero-order chi connectivity index (χ0) is 16.2. The van der Waals surface area contributed by atoms with E-state index in [0.717, 1.165) is 16.5 Å².